The van der Waals surface area contributed by atoms with E-state index in [1.54, 1.807) is 13.0 Å². The summed E-state index contributed by atoms with van der Waals surface area (Å²) in [6.07, 6.45) is -0.504. The van der Waals surface area contributed by atoms with Gasteiger partial charge in [-0.05, 0) is 26.3 Å². The van der Waals surface area contributed by atoms with Crippen LogP contribution in [0.1, 0.15) is 27.2 Å². The number of alkyl halides is 1. The molecule has 0 saturated carbocycles. The number of aliphatic hydroxyl groups excluding tert-OH is 1. The maximum Gasteiger partial charge on any atom is 0.328 e. The number of halogens is 1. The summed E-state index contributed by atoms with van der Waals surface area (Å²) >= 11 is 0. The van der Waals surface area contributed by atoms with E-state index in [9.17, 15) is 9.90 Å². The fraction of sp³-hybridized carbons (Fsp3) is 0.667. The Morgan fingerprint density at radius 2 is 2.32 bits per heavy atom. The van der Waals surface area contributed by atoms with Gasteiger partial charge in [-0.15, -0.1) is 0 Å². The first kappa shape index (κ1) is 16.9. The molecule has 0 radical (unpaired) electrons. The van der Waals surface area contributed by atoms with Crippen LogP contribution >= 0.6 is 0 Å². The number of ether oxygens (including phenoxy) is 2. The molecule has 0 bridgehead atoms. The highest BCUT2D eigenvalue weighted by atomic mass is 19.1. The molecule has 0 aromatic carbocycles. The number of allylic oxidation sites excluding steroid dienone is 1. The number of hydrogen-bond donors (Lipinski definition) is 2. The van der Waals surface area contributed by atoms with Crippen molar-refractivity contribution < 1.29 is 23.8 Å². The van der Waals surface area contributed by atoms with E-state index in [0.29, 0.717) is 5.70 Å². The van der Waals surface area contributed by atoms with Crippen molar-refractivity contribution in [2.45, 2.75) is 57.4 Å². The van der Waals surface area contributed by atoms with Crippen LogP contribution in [0.2, 0.25) is 0 Å². The lowest BCUT2D eigenvalue weighted by Gasteiger charge is -2.35. The summed E-state index contributed by atoms with van der Waals surface area (Å²) in [6.45, 7) is 8.96. The summed E-state index contributed by atoms with van der Waals surface area (Å²) < 4.78 is 26.2. The second-order valence-corrected chi connectivity index (χ2v) is 5.81. The van der Waals surface area contributed by atoms with Crippen LogP contribution in [0.15, 0.2) is 24.6 Å². The molecule has 0 aromatic rings. The maximum atomic E-state index is 15.2. The van der Waals surface area contributed by atoms with Crippen molar-refractivity contribution in [1.82, 2.24) is 10.2 Å². The van der Waals surface area contributed by atoms with E-state index in [4.69, 9.17) is 9.47 Å². The van der Waals surface area contributed by atoms with Gasteiger partial charge in [0.05, 0.1) is 12.7 Å². The Hall–Kier alpha value is -1.44. The van der Waals surface area contributed by atoms with Gasteiger partial charge in [0.2, 0.25) is 0 Å². The summed E-state index contributed by atoms with van der Waals surface area (Å²) in [7, 11) is 0. The van der Waals surface area contributed by atoms with Crippen LogP contribution in [0.3, 0.4) is 0 Å². The van der Waals surface area contributed by atoms with E-state index in [2.05, 4.69) is 11.9 Å². The molecular weight excluding hydrogens is 291 g/mol. The van der Waals surface area contributed by atoms with Gasteiger partial charge in [0.15, 0.2) is 11.9 Å². The number of amides is 2. The van der Waals surface area contributed by atoms with Crippen LogP contribution in [-0.2, 0) is 9.47 Å². The van der Waals surface area contributed by atoms with Gasteiger partial charge in [0.25, 0.3) is 0 Å². The van der Waals surface area contributed by atoms with Crippen LogP contribution in [0.25, 0.3) is 0 Å². The Morgan fingerprint density at radius 3 is 2.86 bits per heavy atom. The van der Waals surface area contributed by atoms with Gasteiger partial charge < -0.3 is 19.9 Å². The Morgan fingerprint density at radius 1 is 1.64 bits per heavy atom. The molecule has 22 heavy (non-hydrogen) atoms. The van der Waals surface area contributed by atoms with Gasteiger partial charge >= 0.3 is 6.03 Å². The largest absolute Gasteiger partial charge is 0.387 e. The Labute approximate surface area is 129 Å². The summed E-state index contributed by atoms with van der Waals surface area (Å²) in [5.74, 6) is 0. The molecule has 1 fully saturated rings. The number of hydrogen-bond acceptors (Lipinski definition) is 4. The molecule has 2 aliphatic rings. The van der Waals surface area contributed by atoms with Crippen molar-refractivity contribution in [3.05, 3.63) is 24.6 Å². The number of nitrogens with one attached hydrogen (secondary N) is 1. The minimum Gasteiger partial charge on any atom is -0.387 e. The van der Waals surface area contributed by atoms with Gasteiger partial charge in [-0.1, -0.05) is 13.5 Å². The molecule has 0 aliphatic carbocycles. The van der Waals surface area contributed by atoms with Crippen molar-refractivity contribution in [3.8, 4) is 0 Å². The smallest absolute Gasteiger partial charge is 0.328 e. The van der Waals surface area contributed by atoms with E-state index < -0.39 is 30.1 Å². The Balaban J connectivity index is 2.20. The number of urea groups is 1. The van der Waals surface area contributed by atoms with Gasteiger partial charge in [-0.25, -0.2) is 9.18 Å². The maximum absolute atomic E-state index is 15.2. The minimum absolute atomic E-state index is 0.00950. The second-order valence-electron chi connectivity index (χ2n) is 5.81. The molecule has 1 saturated heterocycles. The third-order valence-corrected chi connectivity index (χ3v) is 3.88. The molecule has 2 heterocycles. The van der Waals surface area contributed by atoms with E-state index in [1.807, 2.05) is 13.8 Å². The zero-order valence-corrected chi connectivity index (χ0v) is 13.1. The molecule has 2 amide bonds. The van der Waals surface area contributed by atoms with Gasteiger partial charge in [0.1, 0.15) is 12.2 Å². The molecule has 0 unspecified atom stereocenters. The molecule has 124 valence electrons. The standard InChI is InChI=1S/C15H23FN2O4/c1-5-15(16)12(19)11(8-21-9(2)3)22-13(15)18-7-6-10(4)17-14(18)20/h6-7,9,11-13,19H,4-5,8H2,1-3H3,(H,17,20)/t11-,12-,13-,15-/m1/s1. The van der Waals surface area contributed by atoms with Crippen molar-refractivity contribution >= 4 is 6.03 Å². The van der Waals surface area contributed by atoms with Crippen LogP contribution in [-0.4, -0.2) is 52.9 Å². The average Bonchev–Trinajstić information content (AvgIpc) is 2.70. The van der Waals surface area contributed by atoms with Crippen LogP contribution in [0.5, 0.6) is 0 Å². The molecule has 4 atom stereocenters. The summed E-state index contributed by atoms with van der Waals surface area (Å²) in [4.78, 5) is 13.1. The summed E-state index contributed by atoms with van der Waals surface area (Å²) in [5.41, 5.74) is -1.65. The minimum atomic E-state index is -2.06. The van der Waals surface area contributed by atoms with Crippen molar-refractivity contribution in [1.29, 1.82) is 0 Å². The molecule has 0 aromatic heterocycles. The SMILES string of the molecule is C=C1C=CN([C@@H]2O[C@H](COC(C)C)[C@@H](O)[C@]2(F)CC)C(=O)N1. The van der Waals surface area contributed by atoms with Crippen LogP contribution in [0.4, 0.5) is 9.18 Å². The predicted octanol–water partition coefficient (Wildman–Crippen LogP) is 1.67. The molecule has 2 aliphatic heterocycles. The predicted molar refractivity (Wildman–Crippen MR) is 78.5 cm³/mol. The third-order valence-electron chi connectivity index (χ3n) is 3.88. The monoisotopic (exact) mass is 314 g/mol. The normalized spacial score (nSPS) is 35.4. The van der Waals surface area contributed by atoms with E-state index in [0.717, 1.165) is 4.90 Å². The molecule has 6 nitrogen and oxygen atoms in total. The first-order valence-electron chi connectivity index (χ1n) is 7.40. The lowest BCUT2D eigenvalue weighted by atomic mass is 9.92. The molecule has 0 spiro atoms. The first-order chi connectivity index (χ1) is 10.3. The lowest BCUT2D eigenvalue weighted by Crippen LogP contribution is -2.54. The highest BCUT2D eigenvalue weighted by Gasteiger charge is 2.59. The molecule has 7 heteroatoms. The number of aliphatic hydroxyl groups is 1. The third kappa shape index (κ3) is 3.02. The number of nitrogens with zero attached hydrogens (tertiary/aromatic N) is 1. The quantitative estimate of drug-likeness (QED) is 0.810. The molecular formula is C15H23FN2O4. The fourth-order valence-electron chi connectivity index (χ4n) is 2.57. The van der Waals surface area contributed by atoms with E-state index in [1.165, 1.54) is 6.20 Å². The van der Waals surface area contributed by atoms with E-state index in [-0.39, 0.29) is 19.1 Å². The van der Waals surface area contributed by atoms with Gasteiger partial charge in [-0.2, -0.15) is 0 Å². The lowest BCUT2D eigenvalue weighted by molar-refractivity contribution is -0.0899. The van der Waals surface area contributed by atoms with Gasteiger partial charge in [0, 0.05) is 11.9 Å². The summed E-state index contributed by atoms with van der Waals surface area (Å²) in [6, 6.07) is -0.536. The highest BCUT2D eigenvalue weighted by Crippen LogP contribution is 2.40. The fourth-order valence-corrected chi connectivity index (χ4v) is 2.57. The Kier molecular flexibility index (Phi) is 4.89. The van der Waals surface area contributed by atoms with Gasteiger partial charge in [-0.3, -0.25) is 4.90 Å². The van der Waals surface area contributed by atoms with Crippen molar-refractivity contribution in [2.75, 3.05) is 6.61 Å². The number of rotatable bonds is 5. The van der Waals surface area contributed by atoms with Crippen LogP contribution in [0, 0.1) is 0 Å². The Bertz CT molecular complexity index is 482. The zero-order valence-electron chi connectivity index (χ0n) is 13.1. The van der Waals surface area contributed by atoms with Crippen molar-refractivity contribution in [3.63, 3.8) is 0 Å². The number of carbonyl (C=O) groups is 1. The first-order valence-corrected chi connectivity index (χ1v) is 7.40. The average molecular weight is 314 g/mol. The number of carbonyl (C=O) groups excluding carboxylic acids is 1. The summed E-state index contributed by atoms with van der Waals surface area (Å²) in [5, 5.41) is 12.8. The van der Waals surface area contributed by atoms with Crippen LogP contribution < -0.4 is 5.32 Å². The van der Waals surface area contributed by atoms with E-state index >= 15 is 4.39 Å². The zero-order chi connectivity index (χ0) is 16.5. The topological polar surface area (TPSA) is 71.0 Å². The molecule has 2 rings (SSSR count). The highest BCUT2D eigenvalue weighted by molar-refractivity contribution is 5.79. The second kappa shape index (κ2) is 6.36. The molecule has 2 N–H and O–H groups in total. The van der Waals surface area contributed by atoms with Crippen molar-refractivity contribution in [2.24, 2.45) is 0 Å².